The molecular formula is C16H20N2O. The molecule has 1 aliphatic carbocycles. The first-order valence-corrected chi connectivity index (χ1v) is 7.13. The molecule has 0 spiro atoms. The summed E-state index contributed by atoms with van der Waals surface area (Å²) < 4.78 is 0. The normalized spacial score (nSPS) is 20.2. The van der Waals surface area contributed by atoms with Crippen molar-refractivity contribution >= 4 is 17.3 Å². The van der Waals surface area contributed by atoms with Gasteiger partial charge in [0.1, 0.15) is 0 Å². The molecule has 0 saturated heterocycles. The van der Waals surface area contributed by atoms with E-state index in [1.807, 2.05) is 19.1 Å². The number of nitrogens with zero attached hydrogens (tertiary/aromatic N) is 2. The third kappa shape index (κ3) is 2.29. The van der Waals surface area contributed by atoms with Crippen LogP contribution in [0.2, 0.25) is 0 Å². The zero-order valence-electron chi connectivity index (χ0n) is 11.6. The van der Waals surface area contributed by atoms with Gasteiger partial charge in [0.05, 0.1) is 17.8 Å². The van der Waals surface area contributed by atoms with Crippen molar-refractivity contribution in [3.63, 3.8) is 0 Å². The summed E-state index contributed by atoms with van der Waals surface area (Å²) in [5, 5.41) is 6.23. The highest BCUT2D eigenvalue weighted by molar-refractivity contribution is 6.14. The summed E-state index contributed by atoms with van der Waals surface area (Å²) in [6, 6.07) is 6.15. The van der Waals surface area contributed by atoms with Gasteiger partial charge in [-0.1, -0.05) is 30.5 Å². The number of aryl methyl sites for hydroxylation is 2. The van der Waals surface area contributed by atoms with Crippen molar-refractivity contribution in [1.29, 1.82) is 0 Å². The van der Waals surface area contributed by atoms with Crippen molar-refractivity contribution in [1.82, 2.24) is 0 Å². The van der Waals surface area contributed by atoms with E-state index in [0.717, 1.165) is 17.0 Å². The molecule has 0 aromatic heterocycles. The minimum absolute atomic E-state index is 0.119. The van der Waals surface area contributed by atoms with Gasteiger partial charge in [-0.25, -0.2) is 5.01 Å². The Balaban J connectivity index is 1.89. The van der Waals surface area contributed by atoms with E-state index >= 15 is 0 Å². The molecule has 2 aliphatic rings. The average Bonchev–Trinajstić information content (AvgIpc) is 2.98. The summed E-state index contributed by atoms with van der Waals surface area (Å²) in [5.41, 5.74) is 4.36. The van der Waals surface area contributed by atoms with Gasteiger partial charge >= 0.3 is 0 Å². The van der Waals surface area contributed by atoms with Gasteiger partial charge in [-0.15, -0.1) is 0 Å². The van der Waals surface area contributed by atoms with Crippen LogP contribution >= 0.6 is 0 Å². The zero-order valence-corrected chi connectivity index (χ0v) is 11.6. The molecule has 0 bridgehead atoms. The minimum Gasteiger partial charge on any atom is -0.272 e. The van der Waals surface area contributed by atoms with Crippen molar-refractivity contribution in [2.24, 2.45) is 11.0 Å². The Morgan fingerprint density at radius 3 is 2.63 bits per heavy atom. The summed E-state index contributed by atoms with van der Waals surface area (Å²) in [6.45, 7) is 4.11. The number of benzene rings is 1. The maximum absolute atomic E-state index is 12.2. The summed E-state index contributed by atoms with van der Waals surface area (Å²) in [5.74, 6) is 0.661. The van der Waals surface area contributed by atoms with Gasteiger partial charge in [-0.3, -0.25) is 4.79 Å². The molecule has 0 N–H and O–H groups in total. The van der Waals surface area contributed by atoms with Crippen LogP contribution in [-0.4, -0.2) is 11.6 Å². The lowest BCUT2D eigenvalue weighted by atomic mass is 10.00. The van der Waals surface area contributed by atoms with E-state index in [0.29, 0.717) is 12.3 Å². The topological polar surface area (TPSA) is 32.7 Å². The van der Waals surface area contributed by atoms with Gasteiger partial charge in [0, 0.05) is 0 Å². The quantitative estimate of drug-likeness (QED) is 0.796. The molecule has 100 valence electrons. The second-order valence-corrected chi connectivity index (χ2v) is 5.74. The van der Waals surface area contributed by atoms with Gasteiger partial charge < -0.3 is 0 Å². The molecule has 3 rings (SSSR count). The second-order valence-electron chi connectivity index (χ2n) is 5.74. The molecule has 1 aliphatic heterocycles. The molecule has 1 amide bonds. The van der Waals surface area contributed by atoms with E-state index in [9.17, 15) is 4.79 Å². The molecule has 1 aromatic carbocycles. The lowest BCUT2D eigenvalue weighted by molar-refractivity contribution is -0.116. The van der Waals surface area contributed by atoms with Gasteiger partial charge in [0.25, 0.3) is 5.91 Å². The molecule has 1 fully saturated rings. The predicted molar refractivity (Wildman–Crippen MR) is 77.4 cm³/mol. The predicted octanol–water partition coefficient (Wildman–Crippen LogP) is 3.59. The van der Waals surface area contributed by atoms with E-state index < -0.39 is 0 Å². The lowest BCUT2D eigenvalue weighted by Crippen LogP contribution is -2.20. The number of rotatable bonds is 2. The number of hydrogen-bond acceptors (Lipinski definition) is 2. The van der Waals surface area contributed by atoms with E-state index in [-0.39, 0.29) is 5.91 Å². The third-order valence-corrected chi connectivity index (χ3v) is 4.20. The van der Waals surface area contributed by atoms with E-state index in [4.69, 9.17) is 0 Å². The van der Waals surface area contributed by atoms with Crippen molar-refractivity contribution < 1.29 is 4.79 Å². The highest BCUT2D eigenvalue weighted by atomic mass is 16.2. The first-order chi connectivity index (χ1) is 9.15. The van der Waals surface area contributed by atoms with Crippen LogP contribution < -0.4 is 5.01 Å². The Hall–Kier alpha value is -1.64. The van der Waals surface area contributed by atoms with Crippen molar-refractivity contribution in [2.75, 3.05) is 5.01 Å². The highest BCUT2D eigenvalue weighted by Gasteiger charge is 2.31. The maximum Gasteiger partial charge on any atom is 0.253 e. The summed E-state index contributed by atoms with van der Waals surface area (Å²) in [4.78, 5) is 12.2. The van der Waals surface area contributed by atoms with Crippen LogP contribution in [0.15, 0.2) is 23.3 Å². The number of hydrazone groups is 1. The SMILES string of the molecule is Cc1ccc(N2N=C(C3CCCC3)CC2=O)c(C)c1. The van der Waals surface area contributed by atoms with Crippen molar-refractivity contribution in [3.8, 4) is 0 Å². The van der Waals surface area contributed by atoms with Gasteiger partial charge in [0.15, 0.2) is 0 Å². The molecular weight excluding hydrogens is 236 g/mol. The Labute approximate surface area is 114 Å². The summed E-state index contributed by atoms with van der Waals surface area (Å²) in [7, 11) is 0. The Morgan fingerprint density at radius 1 is 1.21 bits per heavy atom. The molecule has 1 aromatic rings. The van der Waals surface area contributed by atoms with Crippen molar-refractivity contribution in [2.45, 2.75) is 46.0 Å². The highest BCUT2D eigenvalue weighted by Crippen LogP contribution is 2.32. The van der Waals surface area contributed by atoms with Crippen LogP contribution in [0.4, 0.5) is 5.69 Å². The van der Waals surface area contributed by atoms with Crippen LogP contribution in [0.1, 0.15) is 43.2 Å². The van der Waals surface area contributed by atoms with Crippen LogP contribution in [0.25, 0.3) is 0 Å². The molecule has 0 atom stereocenters. The smallest absolute Gasteiger partial charge is 0.253 e. The van der Waals surface area contributed by atoms with E-state index in [1.54, 1.807) is 5.01 Å². The van der Waals surface area contributed by atoms with Gasteiger partial charge in [0.2, 0.25) is 0 Å². The monoisotopic (exact) mass is 256 g/mol. The zero-order chi connectivity index (χ0) is 13.4. The fourth-order valence-electron chi connectivity index (χ4n) is 3.17. The first-order valence-electron chi connectivity index (χ1n) is 7.13. The Morgan fingerprint density at radius 2 is 1.95 bits per heavy atom. The van der Waals surface area contributed by atoms with Crippen molar-refractivity contribution in [3.05, 3.63) is 29.3 Å². The number of hydrogen-bond donors (Lipinski definition) is 0. The molecule has 0 unspecified atom stereocenters. The van der Waals surface area contributed by atoms with E-state index in [2.05, 4.69) is 18.1 Å². The third-order valence-electron chi connectivity index (χ3n) is 4.20. The van der Waals surface area contributed by atoms with Crippen LogP contribution in [0, 0.1) is 19.8 Å². The first kappa shape index (κ1) is 12.4. The summed E-state index contributed by atoms with van der Waals surface area (Å²) >= 11 is 0. The minimum atomic E-state index is 0.119. The molecule has 1 saturated carbocycles. The van der Waals surface area contributed by atoms with Crippen LogP contribution in [-0.2, 0) is 4.79 Å². The Bertz CT molecular complexity index is 542. The number of anilines is 1. The fourth-order valence-corrected chi connectivity index (χ4v) is 3.17. The van der Waals surface area contributed by atoms with Crippen LogP contribution in [0.3, 0.4) is 0 Å². The average molecular weight is 256 g/mol. The lowest BCUT2D eigenvalue weighted by Gasteiger charge is -2.15. The Kier molecular flexibility index (Phi) is 3.13. The molecule has 0 radical (unpaired) electrons. The maximum atomic E-state index is 12.2. The summed E-state index contributed by atoms with van der Waals surface area (Å²) in [6.07, 6.45) is 5.47. The fraction of sp³-hybridized carbons (Fsp3) is 0.500. The van der Waals surface area contributed by atoms with Gasteiger partial charge in [-0.2, -0.15) is 5.10 Å². The molecule has 3 heteroatoms. The molecule has 19 heavy (non-hydrogen) atoms. The van der Waals surface area contributed by atoms with Crippen LogP contribution in [0.5, 0.6) is 0 Å². The van der Waals surface area contributed by atoms with E-state index in [1.165, 1.54) is 31.2 Å². The van der Waals surface area contributed by atoms with Gasteiger partial charge in [-0.05, 0) is 44.2 Å². The number of carbonyl (C=O) groups is 1. The number of amides is 1. The largest absolute Gasteiger partial charge is 0.272 e. The second kappa shape index (κ2) is 4.80. The number of carbonyl (C=O) groups excluding carboxylic acids is 1. The molecule has 3 nitrogen and oxygen atoms in total. The standard InChI is InChI=1S/C16H20N2O/c1-11-7-8-15(12(2)9-11)18-16(19)10-14(17-18)13-5-3-4-6-13/h7-9,13H,3-6,10H2,1-2H3. The molecule has 1 heterocycles.